The van der Waals surface area contributed by atoms with Crippen molar-refractivity contribution < 1.29 is 19.1 Å². The molecule has 0 saturated carbocycles. The predicted molar refractivity (Wildman–Crippen MR) is 101 cm³/mol. The average Bonchev–Trinajstić information content (AvgIpc) is 3.06. The van der Waals surface area contributed by atoms with Crippen LogP contribution in [0.1, 0.15) is 35.7 Å². The van der Waals surface area contributed by atoms with Crippen molar-refractivity contribution in [3.8, 4) is 0 Å². The summed E-state index contributed by atoms with van der Waals surface area (Å²) in [7, 11) is 0. The zero-order valence-corrected chi connectivity index (χ0v) is 16.1. The third-order valence-electron chi connectivity index (χ3n) is 3.21. The van der Waals surface area contributed by atoms with E-state index in [-0.39, 0.29) is 30.3 Å². The Labute approximate surface area is 159 Å². The maximum Gasteiger partial charge on any atom is 0.306 e. The van der Waals surface area contributed by atoms with E-state index >= 15 is 0 Å². The predicted octanol–water partition coefficient (Wildman–Crippen LogP) is 3.10. The highest BCUT2D eigenvalue weighted by Crippen LogP contribution is 2.26. The second-order valence-corrected chi connectivity index (χ2v) is 7.50. The van der Waals surface area contributed by atoms with Crippen molar-refractivity contribution in [2.45, 2.75) is 31.0 Å². The summed E-state index contributed by atoms with van der Waals surface area (Å²) >= 11 is 2.46. The Balaban J connectivity index is 1.78. The van der Waals surface area contributed by atoms with E-state index < -0.39 is 5.97 Å². The van der Waals surface area contributed by atoms with Crippen molar-refractivity contribution in [3.05, 3.63) is 35.4 Å². The minimum Gasteiger partial charge on any atom is -0.466 e. The van der Waals surface area contributed by atoms with Gasteiger partial charge in [-0.1, -0.05) is 52.9 Å². The molecule has 0 aliphatic heterocycles. The molecule has 2 rings (SSSR count). The smallest absolute Gasteiger partial charge is 0.306 e. The van der Waals surface area contributed by atoms with Crippen molar-refractivity contribution in [3.63, 3.8) is 0 Å². The summed E-state index contributed by atoms with van der Waals surface area (Å²) < 4.78 is 5.35. The molecule has 0 radical (unpaired) electrons. The number of aryl methyl sites for hydroxylation is 1. The minimum atomic E-state index is -0.411. The fraction of sp³-hybridized carbons (Fsp3) is 0.353. The van der Waals surface area contributed by atoms with Gasteiger partial charge in [-0.3, -0.25) is 14.4 Å². The number of carbonyl (C=O) groups excluding carboxylic acids is 3. The van der Waals surface area contributed by atoms with E-state index in [0.717, 1.165) is 5.56 Å². The Hall–Kier alpha value is -2.26. The Kier molecular flexibility index (Phi) is 7.73. The van der Waals surface area contributed by atoms with Crippen LogP contribution in [0.5, 0.6) is 0 Å². The van der Waals surface area contributed by atoms with E-state index in [1.165, 1.54) is 23.1 Å². The molecule has 0 fully saturated rings. The van der Waals surface area contributed by atoms with E-state index in [9.17, 15) is 14.4 Å². The maximum atomic E-state index is 12.1. The van der Waals surface area contributed by atoms with E-state index in [4.69, 9.17) is 4.74 Å². The summed E-state index contributed by atoms with van der Waals surface area (Å²) in [5, 5.41) is 10.7. The van der Waals surface area contributed by atoms with Gasteiger partial charge in [0.15, 0.2) is 10.1 Å². The van der Waals surface area contributed by atoms with Gasteiger partial charge in [-0.15, -0.1) is 10.2 Å². The molecule has 9 heteroatoms. The van der Waals surface area contributed by atoms with Crippen molar-refractivity contribution in [2.75, 3.05) is 17.7 Å². The number of hydrogen-bond donors (Lipinski definition) is 1. The summed E-state index contributed by atoms with van der Waals surface area (Å²) in [6, 6.07) is 7.39. The first-order valence-corrected chi connectivity index (χ1v) is 9.79. The van der Waals surface area contributed by atoms with Gasteiger partial charge in [0.25, 0.3) is 0 Å². The number of Topliss-reactive ketones (excluding diaryl/α,β-unsaturated/α-hetero) is 1. The van der Waals surface area contributed by atoms with Gasteiger partial charge >= 0.3 is 5.97 Å². The standard InChI is InChI=1S/C17H19N3O4S2/c1-3-24-15(23)9-8-14(22)18-16-19-20-17(26-16)25-10-13(21)12-6-4-11(2)5-7-12/h4-7H,3,8-10H2,1-2H3,(H,18,19,22). The second-order valence-electron chi connectivity index (χ2n) is 5.30. The number of nitrogens with one attached hydrogen (secondary N) is 1. The summed E-state index contributed by atoms with van der Waals surface area (Å²) in [6.07, 6.45) is 0.0396. The summed E-state index contributed by atoms with van der Waals surface area (Å²) in [6.45, 7) is 3.97. The molecular weight excluding hydrogens is 374 g/mol. The van der Waals surface area contributed by atoms with Gasteiger partial charge in [-0.25, -0.2) is 0 Å². The van der Waals surface area contributed by atoms with Crippen molar-refractivity contribution in [1.82, 2.24) is 10.2 Å². The molecule has 0 spiro atoms. The Morgan fingerprint density at radius 2 is 1.88 bits per heavy atom. The lowest BCUT2D eigenvalue weighted by atomic mass is 10.1. The van der Waals surface area contributed by atoms with Crippen LogP contribution in [-0.4, -0.2) is 40.2 Å². The number of anilines is 1. The van der Waals surface area contributed by atoms with Crippen LogP contribution in [0.3, 0.4) is 0 Å². The largest absolute Gasteiger partial charge is 0.466 e. The Morgan fingerprint density at radius 3 is 2.58 bits per heavy atom. The molecule has 138 valence electrons. The zero-order chi connectivity index (χ0) is 18.9. The summed E-state index contributed by atoms with van der Waals surface area (Å²) in [5.74, 6) is -0.494. The van der Waals surface area contributed by atoms with Crippen LogP contribution in [0.25, 0.3) is 0 Å². The van der Waals surface area contributed by atoms with E-state index in [1.807, 2.05) is 19.1 Å². The molecule has 0 aliphatic rings. The number of esters is 1. The number of rotatable bonds is 9. The van der Waals surface area contributed by atoms with Crippen LogP contribution in [0.4, 0.5) is 5.13 Å². The van der Waals surface area contributed by atoms with Gasteiger partial charge in [0.05, 0.1) is 18.8 Å². The lowest BCUT2D eigenvalue weighted by Gasteiger charge is -2.01. The maximum absolute atomic E-state index is 12.1. The molecule has 1 aromatic carbocycles. The van der Waals surface area contributed by atoms with Crippen LogP contribution < -0.4 is 5.32 Å². The second kappa shape index (κ2) is 10.0. The van der Waals surface area contributed by atoms with Gasteiger partial charge in [-0.2, -0.15) is 0 Å². The molecule has 7 nitrogen and oxygen atoms in total. The molecule has 0 aliphatic carbocycles. The van der Waals surface area contributed by atoms with Gasteiger partial charge in [0.1, 0.15) is 0 Å². The molecule has 1 heterocycles. The number of benzene rings is 1. The minimum absolute atomic E-state index is 0.00484. The highest BCUT2D eigenvalue weighted by atomic mass is 32.2. The first kappa shape index (κ1) is 20.1. The molecule has 0 unspecified atom stereocenters. The normalized spacial score (nSPS) is 10.4. The first-order valence-electron chi connectivity index (χ1n) is 7.99. The lowest BCUT2D eigenvalue weighted by Crippen LogP contribution is -2.14. The summed E-state index contributed by atoms with van der Waals surface area (Å²) in [4.78, 5) is 35.1. The molecule has 2 aromatic rings. The lowest BCUT2D eigenvalue weighted by molar-refractivity contribution is -0.144. The molecule has 26 heavy (non-hydrogen) atoms. The molecule has 1 amide bonds. The van der Waals surface area contributed by atoms with Crippen LogP contribution in [-0.2, 0) is 14.3 Å². The number of thioether (sulfide) groups is 1. The average molecular weight is 393 g/mol. The molecule has 0 atom stereocenters. The third-order valence-corrected chi connectivity index (χ3v) is 5.19. The monoisotopic (exact) mass is 393 g/mol. The van der Waals surface area contributed by atoms with Crippen LogP contribution >= 0.6 is 23.1 Å². The quantitative estimate of drug-likeness (QED) is 0.302. The zero-order valence-electron chi connectivity index (χ0n) is 14.5. The number of carbonyl (C=O) groups is 3. The van der Waals surface area contributed by atoms with E-state index in [2.05, 4.69) is 15.5 Å². The van der Waals surface area contributed by atoms with Crippen LogP contribution in [0, 0.1) is 6.92 Å². The van der Waals surface area contributed by atoms with Crippen LogP contribution in [0.15, 0.2) is 28.6 Å². The van der Waals surface area contributed by atoms with Crippen molar-refractivity contribution in [2.24, 2.45) is 0 Å². The third kappa shape index (κ3) is 6.57. The highest BCUT2D eigenvalue weighted by molar-refractivity contribution is 8.01. The van der Waals surface area contributed by atoms with Crippen molar-refractivity contribution >= 4 is 45.9 Å². The molecule has 1 aromatic heterocycles. The molecular formula is C17H19N3O4S2. The number of hydrogen-bond acceptors (Lipinski definition) is 8. The highest BCUT2D eigenvalue weighted by Gasteiger charge is 2.13. The SMILES string of the molecule is CCOC(=O)CCC(=O)Nc1nnc(SCC(=O)c2ccc(C)cc2)s1. The van der Waals surface area contributed by atoms with Crippen LogP contribution in [0.2, 0.25) is 0 Å². The van der Waals surface area contributed by atoms with Gasteiger partial charge in [0.2, 0.25) is 11.0 Å². The Morgan fingerprint density at radius 1 is 1.15 bits per heavy atom. The van der Waals surface area contributed by atoms with Crippen molar-refractivity contribution in [1.29, 1.82) is 0 Å². The summed E-state index contributed by atoms with van der Waals surface area (Å²) in [5.41, 5.74) is 1.75. The fourth-order valence-electron chi connectivity index (χ4n) is 1.90. The number of ether oxygens (including phenoxy) is 1. The molecule has 1 N–H and O–H groups in total. The van der Waals surface area contributed by atoms with E-state index in [1.54, 1.807) is 19.1 Å². The van der Waals surface area contributed by atoms with Gasteiger partial charge in [-0.05, 0) is 13.8 Å². The number of aromatic nitrogens is 2. The Bertz CT molecular complexity index is 775. The topological polar surface area (TPSA) is 98.2 Å². The molecule has 0 saturated heterocycles. The van der Waals surface area contributed by atoms with E-state index in [0.29, 0.717) is 21.6 Å². The molecule has 0 bridgehead atoms. The first-order chi connectivity index (χ1) is 12.5. The van der Waals surface area contributed by atoms with Gasteiger partial charge in [0, 0.05) is 12.0 Å². The number of nitrogens with zero attached hydrogens (tertiary/aromatic N) is 2. The van der Waals surface area contributed by atoms with Gasteiger partial charge < -0.3 is 10.1 Å². The number of amides is 1. The number of ketones is 1. The fourth-order valence-corrected chi connectivity index (χ4v) is 3.56.